The smallest absolute Gasteiger partial charge is 0.347 e. The highest BCUT2D eigenvalue weighted by atomic mass is 79.9. The molecule has 1 atom stereocenters. The summed E-state index contributed by atoms with van der Waals surface area (Å²) in [5, 5.41) is 5.98. The van der Waals surface area contributed by atoms with Crippen molar-refractivity contribution in [2.45, 2.75) is 20.0 Å². The van der Waals surface area contributed by atoms with Gasteiger partial charge in [0, 0.05) is 10.6 Å². The van der Waals surface area contributed by atoms with Crippen LogP contribution in [-0.2, 0) is 9.53 Å². The normalized spacial score (nSPS) is 12.2. The lowest BCUT2D eigenvalue weighted by Gasteiger charge is -2.17. The third kappa shape index (κ3) is 5.32. The van der Waals surface area contributed by atoms with Crippen LogP contribution in [0, 0.1) is 0 Å². The summed E-state index contributed by atoms with van der Waals surface area (Å²) in [5.41, 5.74) is 1.05. The second-order valence-electron chi connectivity index (χ2n) is 8.61. The zero-order chi connectivity index (χ0) is 28.4. The van der Waals surface area contributed by atoms with E-state index in [0.29, 0.717) is 48.8 Å². The molecule has 0 unspecified atom stereocenters. The fourth-order valence-electron chi connectivity index (χ4n) is 4.12. The summed E-state index contributed by atoms with van der Waals surface area (Å²) in [5.74, 6) is 0.892. The second-order valence-corrected chi connectivity index (χ2v) is 9.91. The maximum atomic E-state index is 13.7. The molecule has 204 valence electrons. The number of para-hydroxylation sites is 1. The maximum Gasteiger partial charge on any atom is 0.347 e. The topological polar surface area (TPSA) is 105 Å². The van der Waals surface area contributed by atoms with Gasteiger partial charge < -0.3 is 18.6 Å². The first-order valence-corrected chi connectivity index (χ1v) is 13.4. The van der Waals surface area contributed by atoms with Crippen molar-refractivity contribution in [1.82, 2.24) is 9.66 Å². The number of aromatic nitrogens is 2. The number of hydrogen-bond donors (Lipinski definition) is 0. The number of ether oxygens (including phenoxy) is 3. The Morgan fingerprint density at radius 1 is 1.18 bits per heavy atom. The molecule has 0 bridgehead atoms. The molecule has 9 nitrogen and oxygen atoms in total. The summed E-state index contributed by atoms with van der Waals surface area (Å²) < 4.78 is 24.2. The van der Waals surface area contributed by atoms with Crippen LogP contribution >= 0.6 is 27.5 Å². The van der Waals surface area contributed by atoms with Gasteiger partial charge in [0.15, 0.2) is 11.9 Å². The molecule has 5 rings (SSSR count). The summed E-state index contributed by atoms with van der Waals surface area (Å²) in [4.78, 5) is 30.6. The third-order valence-corrected chi connectivity index (χ3v) is 6.79. The van der Waals surface area contributed by atoms with E-state index in [4.69, 9.17) is 35.2 Å². The first-order valence-electron chi connectivity index (χ1n) is 12.3. The Kier molecular flexibility index (Phi) is 7.90. The van der Waals surface area contributed by atoms with Gasteiger partial charge in [-0.05, 0) is 72.2 Å². The van der Waals surface area contributed by atoms with Crippen LogP contribution in [0.1, 0.15) is 19.4 Å². The minimum Gasteiger partial charge on any atom is -0.496 e. The van der Waals surface area contributed by atoms with E-state index < -0.39 is 17.6 Å². The Hall–Kier alpha value is -4.15. The van der Waals surface area contributed by atoms with Crippen molar-refractivity contribution in [1.29, 1.82) is 0 Å². The molecule has 40 heavy (non-hydrogen) atoms. The summed E-state index contributed by atoms with van der Waals surface area (Å²) in [7, 11) is 1.57. The average Bonchev–Trinajstić information content (AvgIpc) is 3.38. The van der Waals surface area contributed by atoms with Crippen LogP contribution < -0.4 is 15.0 Å². The van der Waals surface area contributed by atoms with Gasteiger partial charge >= 0.3 is 5.97 Å². The van der Waals surface area contributed by atoms with Gasteiger partial charge in [0.05, 0.1) is 40.7 Å². The van der Waals surface area contributed by atoms with Crippen molar-refractivity contribution < 1.29 is 23.4 Å². The Morgan fingerprint density at radius 3 is 2.75 bits per heavy atom. The molecule has 0 saturated carbocycles. The molecule has 0 fully saturated rings. The van der Waals surface area contributed by atoms with Crippen molar-refractivity contribution in [3.05, 3.63) is 86.1 Å². The highest BCUT2D eigenvalue weighted by Gasteiger charge is 2.21. The number of carbonyl (C=O) groups excluding carboxylic acids is 1. The Morgan fingerprint density at radius 2 is 1.98 bits per heavy atom. The van der Waals surface area contributed by atoms with Gasteiger partial charge in [0.1, 0.15) is 17.1 Å². The van der Waals surface area contributed by atoms with Gasteiger partial charge in [0.25, 0.3) is 5.56 Å². The number of furan rings is 1. The number of esters is 1. The van der Waals surface area contributed by atoms with Gasteiger partial charge in [-0.1, -0.05) is 29.8 Å². The highest BCUT2D eigenvalue weighted by Crippen LogP contribution is 2.34. The van der Waals surface area contributed by atoms with Crippen LogP contribution in [0.15, 0.2) is 79.4 Å². The number of fused-ring (bicyclic) bond motifs is 2. The predicted octanol–water partition coefficient (Wildman–Crippen LogP) is 6.45. The monoisotopic (exact) mass is 623 g/mol. The Labute approximate surface area is 242 Å². The van der Waals surface area contributed by atoms with Crippen LogP contribution in [0.25, 0.3) is 33.5 Å². The molecule has 0 aliphatic carbocycles. The van der Waals surface area contributed by atoms with Gasteiger partial charge in [-0.15, -0.1) is 0 Å². The maximum absolute atomic E-state index is 13.7. The van der Waals surface area contributed by atoms with E-state index in [9.17, 15) is 9.59 Å². The first-order chi connectivity index (χ1) is 19.3. The fourth-order valence-corrected chi connectivity index (χ4v) is 5.05. The van der Waals surface area contributed by atoms with Gasteiger partial charge in [0.2, 0.25) is 5.82 Å². The lowest BCUT2D eigenvalue weighted by Crippen LogP contribution is -2.26. The molecule has 0 radical (unpaired) electrons. The molecular formula is C29H23BrClN3O6. The fraction of sp³-hybridized carbons (Fsp3) is 0.172. The van der Waals surface area contributed by atoms with Gasteiger partial charge in [-0.3, -0.25) is 4.79 Å². The number of hydrogen-bond acceptors (Lipinski definition) is 8. The standard InChI is InChI=1S/C29H23BrClN3O6/c1-4-38-29(36)16(2)39-26-17(12-18(31)13-21(26)30)15-32-34-27(33-22-9-6-5-8-19(22)28(34)35)25-14-20-23(37-3)10-7-11-24(20)40-25/h5-16H,4H2,1-3H3/t16-/m1/s1. The number of methoxy groups -OCH3 is 1. The van der Waals surface area contributed by atoms with Gasteiger partial charge in [-0.2, -0.15) is 9.78 Å². The van der Waals surface area contributed by atoms with Crippen molar-refractivity contribution in [2.24, 2.45) is 5.10 Å². The largest absolute Gasteiger partial charge is 0.496 e. The van der Waals surface area contributed by atoms with E-state index >= 15 is 0 Å². The average molecular weight is 625 g/mol. The van der Waals surface area contributed by atoms with Crippen LogP contribution in [0.5, 0.6) is 11.5 Å². The van der Waals surface area contributed by atoms with E-state index in [0.717, 1.165) is 10.1 Å². The first kappa shape index (κ1) is 27.4. The summed E-state index contributed by atoms with van der Waals surface area (Å²) in [6, 6.07) is 17.4. The molecule has 0 saturated heterocycles. The highest BCUT2D eigenvalue weighted by molar-refractivity contribution is 9.10. The lowest BCUT2D eigenvalue weighted by molar-refractivity contribution is -0.150. The van der Waals surface area contributed by atoms with E-state index in [1.54, 1.807) is 69.5 Å². The van der Waals surface area contributed by atoms with Crippen molar-refractivity contribution in [3.63, 3.8) is 0 Å². The number of halogens is 2. The zero-order valence-electron chi connectivity index (χ0n) is 21.7. The summed E-state index contributed by atoms with van der Waals surface area (Å²) in [6.07, 6.45) is 0.504. The van der Waals surface area contributed by atoms with Crippen molar-refractivity contribution >= 4 is 61.6 Å². The van der Waals surface area contributed by atoms with E-state index in [1.807, 2.05) is 12.1 Å². The number of rotatable bonds is 8. The van der Waals surface area contributed by atoms with E-state index in [1.165, 1.54) is 6.21 Å². The summed E-state index contributed by atoms with van der Waals surface area (Å²) in [6.45, 7) is 3.51. The van der Waals surface area contributed by atoms with Crippen LogP contribution in [-0.4, -0.2) is 41.7 Å². The van der Waals surface area contributed by atoms with Crippen LogP contribution in [0.3, 0.4) is 0 Å². The van der Waals surface area contributed by atoms with Gasteiger partial charge in [-0.25, -0.2) is 9.78 Å². The molecule has 2 heterocycles. The zero-order valence-corrected chi connectivity index (χ0v) is 24.0. The third-order valence-electron chi connectivity index (χ3n) is 5.98. The molecule has 5 aromatic rings. The minimum atomic E-state index is -0.907. The predicted molar refractivity (Wildman–Crippen MR) is 157 cm³/mol. The van der Waals surface area contributed by atoms with Crippen molar-refractivity contribution in [2.75, 3.05) is 13.7 Å². The lowest BCUT2D eigenvalue weighted by atomic mass is 10.2. The second kappa shape index (κ2) is 11.5. The molecule has 0 N–H and O–H groups in total. The Balaban J connectivity index is 1.66. The molecule has 0 aliphatic heterocycles. The molecule has 0 spiro atoms. The number of nitrogens with zero attached hydrogens (tertiary/aromatic N) is 3. The molecular weight excluding hydrogens is 602 g/mol. The van der Waals surface area contributed by atoms with E-state index in [-0.39, 0.29) is 12.4 Å². The van der Waals surface area contributed by atoms with Crippen LogP contribution in [0.2, 0.25) is 5.02 Å². The molecule has 0 aliphatic rings. The molecule has 0 amide bonds. The number of benzene rings is 3. The minimum absolute atomic E-state index is 0.182. The Bertz CT molecular complexity index is 1830. The van der Waals surface area contributed by atoms with Crippen LogP contribution in [0.4, 0.5) is 0 Å². The quantitative estimate of drug-likeness (QED) is 0.144. The number of carbonyl (C=O) groups is 1. The SMILES string of the molecule is CCOC(=O)[C@@H](C)Oc1c(Br)cc(Cl)cc1C=Nn1c(-c2cc3c(OC)cccc3o2)nc2ccccc2c1=O. The molecule has 3 aromatic carbocycles. The van der Waals surface area contributed by atoms with E-state index in [2.05, 4.69) is 21.0 Å². The molecule has 11 heteroatoms. The molecule has 2 aromatic heterocycles. The summed E-state index contributed by atoms with van der Waals surface area (Å²) >= 11 is 9.76. The van der Waals surface area contributed by atoms with Crippen molar-refractivity contribution in [3.8, 4) is 23.1 Å².